The predicted octanol–water partition coefficient (Wildman–Crippen LogP) is 2.07. The lowest BCUT2D eigenvalue weighted by molar-refractivity contribution is 0.0275. The van der Waals surface area contributed by atoms with Gasteiger partial charge in [-0.25, -0.2) is 14.4 Å². The number of benzene rings is 1. The minimum atomic E-state index is -0.429. The van der Waals surface area contributed by atoms with Gasteiger partial charge in [-0.15, -0.1) is 0 Å². The Kier molecular flexibility index (Phi) is 3.85. The molecule has 1 fully saturated rings. The first kappa shape index (κ1) is 13.0. The fraction of sp³-hybridized carbons (Fsp3) is 0.286. The van der Waals surface area contributed by atoms with Gasteiger partial charge >= 0.3 is 0 Å². The third-order valence-electron chi connectivity index (χ3n) is 3.02. The Bertz CT molecular complexity index is 574. The molecule has 0 radical (unpaired) electrons. The average Bonchev–Trinajstić information content (AvgIpc) is 2.51. The van der Waals surface area contributed by atoms with Gasteiger partial charge in [0.15, 0.2) is 17.3 Å². The minimum Gasteiger partial charge on any atom is -0.451 e. The Hall–Kier alpha value is -2.05. The summed E-state index contributed by atoms with van der Waals surface area (Å²) in [6, 6.07) is 4.74. The van der Waals surface area contributed by atoms with Crippen molar-refractivity contribution in [1.82, 2.24) is 15.3 Å². The number of hydrogen-bond donors (Lipinski definition) is 1. The largest absolute Gasteiger partial charge is 0.451 e. The number of ether oxygens (including phenoxy) is 2. The lowest BCUT2D eigenvalue weighted by atomic mass is 10.1. The van der Waals surface area contributed by atoms with E-state index in [9.17, 15) is 4.39 Å². The van der Waals surface area contributed by atoms with Crippen LogP contribution >= 0.6 is 0 Å². The van der Waals surface area contributed by atoms with E-state index in [1.807, 2.05) is 0 Å². The fourth-order valence-corrected chi connectivity index (χ4v) is 2.04. The predicted molar refractivity (Wildman–Crippen MR) is 70.1 cm³/mol. The van der Waals surface area contributed by atoms with E-state index in [0.717, 1.165) is 12.1 Å². The van der Waals surface area contributed by atoms with Gasteiger partial charge in [-0.05, 0) is 17.7 Å². The summed E-state index contributed by atoms with van der Waals surface area (Å²) in [7, 11) is 0. The van der Waals surface area contributed by atoms with Crippen LogP contribution < -0.4 is 10.1 Å². The summed E-state index contributed by atoms with van der Waals surface area (Å²) in [5.41, 5.74) is 0.880. The number of nitrogens with zero attached hydrogens (tertiary/aromatic N) is 2. The zero-order valence-corrected chi connectivity index (χ0v) is 10.8. The van der Waals surface area contributed by atoms with Crippen LogP contribution in [-0.2, 0) is 4.74 Å². The second-order valence-corrected chi connectivity index (χ2v) is 4.43. The zero-order valence-electron chi connectivity index (χ0n) is 10.8. The van der Waals surface area contributed by atoms with Crippen LogP contribution in [0.3, 0.4) is 0 Å². The molecule has 1 aliphatic rings. The molecule has 1 aromatic heterocycles. The molecule has 0 saturated carbocycles. The Morgan fingerprint density at radius 1 is 1.30 bits per heavy atom. The molecule has 1 unspecified atom stereocenters. The number of nitrogens with one attached hydrogen (secondary N) is 1. The second-order valence-electron chi connectivity index (χ2n) is 4.43. The lowest BCUT2D eigenvalue weighted by Gasteiger charge is -2.24. The Labute approximate surface area is 115 Å². The molecule has 1 saturated heterocycles. The van der Waals surface area contributed by atoms with Crippen molar-refractivity contribution in [3.8, 4) is 11.5 Å². The Morgan fingerprint density at radius 2 is 2.15 bits per heavy atom. The monoisotopic (exact) mass is 275 g/mol. The highest BCUT2D eigenvalue weighted by atomic mass is 19.1. The molecule has 0 amide bonds. The van der Waals surface area contributed by atoms with Crippen LogP contribution in [-0.4, -0.2) is 29.7 Å². The number of morpholine rings is 1. The Morgan fingerprint density at radius 3 is 2.90 bits per heavy atom. The molecule has 1 N–H and O–H groups in total. The van der Waals surface area contributed by atoms with E-state index >= 15 is 0 Å². The maximum atomic E-state index is 13.8. The van der Waals surface area contributed by atoms with E-state index in [-0.39, 0.29) is 11.9 Å². The standard InChI is InChI=1S/C14H14FN3O2/c15-12-2-1-10(14-8-16-3-4-19-14)5-13(12)20-11-6-17-9-18-7-11/h1-2,5-7,9,14,16H,3-4,8H2. The number of aromatic nitrogens is 2. The highest BCUT2D eigenvalue weighted by molar-refractivity contribution is 5.35. The van der Waals surface area contributed by atoms with E-state index in [2.05, 4.69) is 15.3 Å². The van der Waals surface area contributed by atoms with E-state index in [4.69, 9.17) is 9.47 Å². The van der Waals surface area contributed by atoms with Crippen molar-refractivity contribution in [3.63, 3.8) is 0 Å². The van der Waals surface area contributed by atoms with Gasteiger partial charge in [0.05, 0.1) is 25.1 Å². The van der Waals surface area contributed by atoms with Crippen LogP contribution in [0.2, 0.25) is 0 Å². The van der Waals surface area contributed by atoms with Gasteiger partial charge in [-0.1, -0.05) is 6.07 Å². The van der Waals surface area contributed by atoms with Crippen LogP contribution in [0, 0.1) is 5.82 Å². The first-order valence-corrected chi connectivity index (χ1v) is 6.37. The maximum Gasteiger partial charge on any atom is 0.165 e. The van der Waals surface area contributed by atoms with Gasteiger partial charge in [0.2, 0.25) is 0 Å². The molecule has 6 heteroatoms. The normalized spacial score (nSPS) is 18.8. The van der Waals surface area contributed by atoms with Crippen molar-refractivity contribution in [2.24, 2.45) is 0 Å². The molecule has 2 heterocycles. The number of rotatable bonds is 3. The Balaban J connectivity index is 1.83. The summed E-state index contributed by atoms with van der Waals surface area (Å²) in [6.07, 6.45) is 4.27. The van der Waals surface area contributed by atoms with Crippen molar-refractivity contribution >= 4 is 0 Å². The molecule has 2 aromatic rings. The van der Waals surface area contributed by atoms with Crippen molar-refractivity contribution in [1.29, 1.82) is 0 Å². The molecular formula is C14H14FN3O2. The highest BCUT2D eigenvalue weighted by Gasteiger charge is 2.17. The third kappa shape index (κ3) is 2.92. The van der Waals surface area contributed by atoms with Gasteiger partial charge in [0, 0.05) is 13.1 Å². The summed E-state index contributed by atoms with van der Waals surface area (Å²) in [4.78, 5) is 7.66. The molecular weight excluding hydrogens is 261 g/mol. The maximum absolute atomic E-state index is 13.8. The summed E-state index contributed by atoms with van der Waals surface area (Å²) >= 11 is 0. The highest BCUT2D eigenvalue weighted by Crippen LogP contribution is 2.28. The van der Waals surface area contributed by atoms with Gasteiger partial charge in [0.25, 0.3) is 0 Å². The van der Waals surface area contributed by atoms with Crippen LogP contribution in [0.15, 0.2) is 36.9 Å². The number of halogens is 1. The molecule has 1 aromatic carbocycles. The van der Waals surface area contributed by atoms with E-state index in [1.165, 1.54) is 24.8 Å². The summed E-state index contributed by atoms with van der Waals surface area (Å²) < 4.78 is 24.9. The quantitative estimate of drug-likeness (QED) is 0.929. The summed E-state index contributed by atoms with van der Waals surface area (Å²) in [5.74, 6) is 0.110. The van der Waals surface area contributed by atoms with Crippen LogP contribution in [0.5, 0.6) is 11.5 Å². The first-order chi connectivity index (χ1) is 9.83. The zero-order chi connectivity index (χ0) is 13.8. The molecule has 104 valence electrons. The first-order valence-electron chi connectivity index (χ1n) is 6.37. The topological polar surface area (TPSA) is 56.3 Å². The van der Waals surface area contributed by atoms with Gasteiger partial charge in [-0.2, -0.15) is 0 Å². The van der Waals surface area contributed by atoms with Crippen molar-refractivity contribution < 1.29 is 13.9 Å². The molecule has 0 bridgehead atoms. The number of hydrogen-bond acceptors (Lipinski definition) is 5. The summed E-state index contributed by atoms with van der Waals surface area (Å²) in [6.45, 7) is 2.19. The van der Waals surface area contributed by atoms with E-state index in [0.29, 0.717) is 18.9 Å². The average molecular weight is 275 g/mol. The molecule has 3 rings (SSSR count). The van der Waals surface area contributed by atoms with Crippen molar-refractivity contribution in [2.45, 2.75) is 6.10 Å². The lowest BCUT2D eigenvalue weighted by Crippen LogP contribution is -2.33. The summed E-state index contributed by atoms with van der Waals surface area (Å²) in [5, 5.41) is 3.24. The van der Waals surface area contributed by atoms with Crippen LogP contribution in [0.1, 0.15) is 11.7 Å². The smallest absolute Gasteiger partial charge is 0.165 e. The molecule has 20 heavy (non-hydrogen) atoms. The van der Waals surface area contributed by atoms with Crippen molar-refractivity contribution in [3.05, 3.63) is 48.3 Å². The van der Waals surface area contributed by atoms with E-state index < -0.39 is 5.82 Å². The molecule has 1 aliphatic heterocycles. The van der Waals surface area contributed by atoms with Gasteiger partial charge in [0.1, 0.15) is 6.33 Å². The fourth-order valence-electron chi connectivity index (χ4n) is 2.04. The molecule has 5 nitrogen and oxygen atoms in total. The molecule has 1 atom stereocenters. The van der Waals surface area contributed by atoms with Crippen LogP contribution in [0.4, 0.5) is 4.39 Å². The molecule has 0 aliphatic carbocycles. The SMILES string of the molecule is Fc1ccc(C2CNCCO2)cc1Oc1cncnc1. The molecule has 0 spiro atoms. The second kappa shape index (κ2) is 5.94. The van der Waals surface area contributed by atoms with Gasteiger partial charge < -0.3 is 14.8 Å². The van der Waals surface area contributed by atoms with Crippen molar-refractivity contribution in [2.75, 3.05) is 19.7 Å². The van der Waals surface area contributed by atoms with E-state index in [1.54, 1.807) is 12.1 Å². The minimum absolute atomic E-state index is 0.0845. The van der Waals surface area contributed by atoms with Crippen LogP contribution in [0.25, 0.3) is 0 Å². The van der Waals surface area contributed by atoms with Gasteiger partial charge in [-0.3, -0.25) is 0 Å². The third-order valence-corrected chi connectivity index (χ3v) is 3.02.